The van der Waals surface area contributed by atoms with Crippen molar-refractivity contribution in [1.82, 2.24) is 20.3 Å². The van der Waals surface area contributed by atoms with Crippen LogP contribution in [0, 0.1) is 0 Å². The Morgan fingerprint density at radius 3 is 2.68 bits per heavy atom. The third kappa shape index (κ3) is 4.77. The van der Waals surface area contributed by atoms with E-state index in [0.717, 1.165) is 23.1 Å². The Hall–Kier alpha value is -2.55. The second-order valence-electron chi connectivity index (χ2n) is 4.25. The van der Waals surface area contributed by atoms with Gasteiger partial charge in [0, 0.05) is 6.54 Å². The van der Waals surface area contributed by atoms with E-state index in [0.29, 0.717) is 11.7 Å². The second kappa shape index (κ2) is 7.46. The standard InChI is InChI=1S/C13H16N6O2S/c1-21-9-4-2-3-8(5-9)6-16-10(20)7-22-13-18-11(14)17-12(15)19-13/h2-5H,6-7H2,1H3,(H,16,20)(H4,14,15,17,18,19). The lowest BCUT2D eigenvalue weighted by Gasteiger charge is -2.07. The molecule has 8 nitrogen and oxygen atoms in total. The number of anilines is 2. The lowest BCUT2D eigenvalue weighted by molar-refractivity contribution is -0.118. The number of nitrogens with two attached hydrogens (primary N) is 2. The smallest absolute Gasteiger partial charge is 0.230 e. The molecule has 0 spiro atoms. The molecule has 5 N–H and O–H groups in total. The number of nitrogen functional groups attached to an aromatic ring is 2. The van der Waals surface area contributed by atoms with Gasteiger partial charge >= 0.3 is 0 Å². The summed E-state index contributed by atoms with van der Waals surface area (Å²) in [7, 11) is 1.60. The van der Waals surface area contributed by atoms with Crippen LogP contribution in [0.5, 0.6) is 5.75 Å². The van der Waals surface area contributed by atoms with Crippen molar-refractivity contribution in [3.8, 4) is 5.75 Å². The molecule has 0 aliphatic rings. The summed E-state index contributed by atoms with van der Waals surface area (Å²) in [6.07, 6.45) is 0. The second-order valence-corrected chi connectivity index (χ2v) is 5.19. The average Bonchev–Trinajstić information content (AvgIpc) is 2.50. The SMILES string of the molecule is COc1cccc(CNC(=O)CSc2nc(N)nc(N)n2)c1. The Morgan fingerprint density at radius 2 is 2.00 bits per heavy atom. The van der Waals surface area contributed by atoms with E-state index in [1.807, 2.05) is 24.3 Å². The summed E-state index contributed by atoms with van der Waals surface area (Å²) in [6, 6.07) is 7.48. The minimum atomic E-state index is -0.148. The zero-order valence-electron chi connectivity index (χ0n) is 11.9. The maximum Gasteiger partial charge on any atom is 0.230 e. The molecule has 0 atom stereocenters. The summed E-state index contributed by atoms with van der Waals surface area (Å²) < 4.78 is 5.13. The van der Waals surface area contributed by atoms with Crippen LogP contribution in [-0.2, 0) is 11.3 Å². The van der Waals surface area contributed by atoms with Gasteiger partial charge in [-0.15, -0.1) is 0 Å². The van der Waals surface area contributed by atoms with Crippen LogP contribution in [0.3, 0.4) is 0 Å². The number of amides is 1. The molecule has 2 aromatic rings. The van der Waals surface area contributed by atoms with Crippen molar-refractivity contribution in [1.29, 1.82) is 0 Å². The van der Waals surface area contributed by atoms with E-state index in [9.17, 15) is 4.79 Å². The normalized spacial score (nSPS) is 10.2. The molecule has 116 valence electrons. The minimum Gasteiger partial charge on any atom is -0.497 e. The van der Waals surface area contributed by atoms with Gasteiger partial charge in [0.1, 0.15) is 5.75 Å². The summed E-state index contributed by atoms with van der Waals surface area (Å²) in [5, 5.41) is 3.12. The van der Waals surface area contributed by atoms with E-state index in [1.165, 1.54) is 0 Å². The fourth-order valence-electron chi connectivity index (χ4n) is 1.62. The van der Waals surface area contributed by atoms with Gasteiger partial charge in [0.25, 0.3) is 0 Å². The van der Waals surface area contributed by atoms with Crippen molar-refractivity contribution in [2.45, 2.75) is 11.7 Å². The topological polar surface area (TPSA) is 129 Å². The molecule has 1 aromatic carbocycles. The molecule has 0 aliphatic carbocycles. The number of benzene rings is 1. The molecular formula is C13H16N6O2S. The van der Waals surface area contributed by atoms with Crippen LogP contribution in [0.2, 0.25) is 0 Å². The summed E-state index contributed by atoms with van der Waals surface area (Å²) in [5.41, 5.74) is 11.9. The summed E-state index contributed by atoms with van der Waals surface area (Å²) >= 11 is 1.14. The highest BCUT2D eigenvalue weighted by Crippen LogP contribution is 2.14. The monoisotopic (exact) mass is 320 g/mol. The molecule has 1 aromatic heterocycles. The zero-order chi connectivity index (χ0) is 15.9. The predicted octanol–water partition coefficient (Wildman–Crippen LogP) is 0.453. The fourth-order valence-corrected chi connectivity index (χ4v) is 2.30. The number of carbonyl (C=O) groups is 1. The molecule has 0 unspecified atom stereocenters. The van der Waals surface area contributed by atoms with Crippen molar-refractivity contribution >= 4 is 29.6 Å². The first-order valence-electron chi connectivity index (χ1n) is 6.36. The van der Waals surface area contributed by atoms with Crippen molar-refractivity contribution in [3.05, 3.63) is 29.8 Å². The molecular weight excluding hydrogens is 304 g/mol. The van der Waals surface area contributed by atoms with Crippen LogP contribution < -0.4 is 21.5 Å². The summed E-state index contributed by atoms with van der Waals surface area (Å²) in [5.74, 6) is 0.827. The molecule has 0 saturated heterocycles. The Bertz CT molecular complexity index is 646. The zero-order valence-corrected chi connectivity index (χ0v) is 12.8. The van der Waals surface area contributed by atoms with Gasteiger partial charge in [-0.2, -0.15) is 15.0 Å². The van der Waals surface area contributed by atoms with Crippen molar-refractivity contribution in [3.63, 3.8) is 0 Å². The Labute approximate surface area is 131 Å². The van der Waals surface area contributed by atoms with Gasteiger partial charge < -0.3 is 21.5 Å². The van der Waals surface area contributed by atoms with Crippen molar-refractivity contribution in [2.24, 2.45) is 0 Å². The van der Waals surface area contributed by atoms with Crippen LogP contribution in [0.1, 0.15) is 5.56 Å². The number of hydrogen-bond donors (Lipinski definition) is 3. The van der Waals surface area contributed by atoms with E-state index in [-0.39, 0.29) is 23.6 Å². The number of nitrogens with one attached hydrogen (secondary N) is 1. The van der Waals surface area contributed by atoms with Crippen molar-refractivity contribution in [2.75, 3.05) is 24.3 Å². The van der Waals surface area contributed by atoms with E-state index in [2.05, 4.69) is 20.3 Å². The average molecular weight is 320 g/mol. The molecule has 1 heterocycles. The highest BCUT2D eigenvalue weighted by atomic mass is 32.2. The van der Waals surface area contributed by atoms with Gasteiger partial charge in [0.05, 0.1) is 12.9 Å². The van der Waals surface area contributed by atoms with Gasteiger partial charge in [-0.3, -0.25) is 4.79 Å². The first-order valence-corrected chi connectivity index (χ1v) is 7.35. The molecule has 0 bridgehead atoms. The summed E-state index contributed by atoms with van der Waals surface area (Å²) in [4.78, 5) is 23.3. The summed E-state index contributed by atoms with van der Waals surface area (Å²) in [6.45, 7) is 0.415. The Balaban J connectivity index is 1.82. The molecule has 1 amide bonds. The lowest BCUT2D eigenvalue weighted by atomic mass is 10.2. The number of aromatic nitrogens is 3. The number of methoxy groups -OCH3 is 1. The molecule has 0 saturated carbocycles. The van der Waals surface area contributed by atoms with Gasteiger partial charge in [-0.25, -0.2) is 0 Å². The number of carbonyl (C=O) groups excluding carboxylic acids is 1. The maximum absolute atomic E-state index is 11.8. The maximum atomic E-state index is 11.8. The van der Waals surface area contributed by atoms with Gasteiger partial charge in [0.15, 0.2) is 5.16 Å². The van der Waals surface area contributed by atoms with Crippen LogP contribution >= 0.6 is 11.8 Å². The van der Waals surface area contributed by atoms with E-state index < -0.39 is 0 Å². The lowest BCUT2D eigenvalue weighted by Crippen LogP contribution is -2.24. The molecule has 0 fully saturated rings. The molecule has 0 radical (unpaired) electrons. The highest BCUT2D eigenvalue weighted by molar-refractivity contribution is 7.99. The first kappa shape index (κ1) is 15.8. The minimum absolute atomic E-state index is 0.0341. The third-order valence-electron chi connectivity index (χ3n) is 2.61. The van der Waals surface area contributed by atoms with Gasteiger partial charge in [-0.1, -0.05) is 23.9 Å². The first-order chi connectivity index (χ1) is 10.6. The van der Waals surface area contributed by atoms with Gasteiger partial charge in [0.2, 0.25) is 17.8 Å². The quantitative estimate of drug-likeness (QED) is 0.654. The predicted molar refractivity (Wildman–Crippen MR) is 84.2 cm³/mol. The van der Waals surface area contributed by atoms with Crippen LogP contribution in [0.4, 0.5) is 11.9 Å². The molecule has 22 heavy (non-hydrogen) atoms. The largest absolute Gasteiger partial charge is 0.497 e. The molecule has 0 aliphatic heterocycles. The van der Waals surface area contributed by atoms with Crippen LogP contribution in [-0.4, -0.2) is 33.7 Å². The van der Waals surface area contributed by atoms with E-state index in [4.69, 9.17) is 16.2 Å². The number of nitrogens with zero attached hydrogens (tertiary/aromatic N) is 3. The number of hydrogen-bond acceptors (Lipinski definition) is 8. The van der Waals surface area contributed by atoms with Gasteiger partial charge in [-0.05, 0) is 17.7 Å². The fraction of sp³-hybridized carbons (Fsp3) is 0.231. The number of rotatable bonds is 6. The number of thioether (sulfide) groups is 1. The molecule has 9 heteroatoms. The Morgan fingerprint density at radius 1 is 1.27 bits per heavy atom. The van der Waals surface area contributed by atoms with Crippen molar-refractivity contribution < 1.29 is 9.53 Å². The van der Waals surface area contributed by atoms with Crippen LogP contribution in [0.25, 0.3) is 0 Å². The van der Waals surface area contributed by atoms with Crippen LogP contribution in [0.15, 0.2) is 29.4 Å². The highest BCUT2D eigenvalue weighted by Gasteiger charge is 2.07. The third-order valence-corrected chi connectivity index (χ3v) is 3.45. The van der Waals surface area contributed by atoms with E-state index >= 15 is 0 Å². The molecule has 2 rings (SSSR count). The van der Waals surface area contributed by atoms with E-state index in [1.54, 1.807) is 7.11 Å². The Kier molecular flexibility index (Phi) is 5.37. The number of ether oxygens (including phenoxy) is 1.